The molecule has 0 atom stereocenters. The van der Waals surface area contributed by atoms with E-state index in [1.54, 1.807) is 16.8 Å². The zero-order valence-corrected chi connectivity index (χ0v) is 11.3. The molecule has 0 spiro atoms. The molecule has 0 fully saturated rings. The molecule has 0 aromatic rings. The minimum absolute atomic E-state index is 0.0217. The maximum Gasteiger partial charge on any atom is 0.319 e. The van der Waals surface area contributed by atoms with Crippen LogP contribution in [0.25, 0.3) is 0 Å². The number of rotatable bonds is 7. The number of carbonyl (C=O) groups is 2. The lowest BCUT2D eigenvalue weighted by Gasteiger charge is -2.28. The van der Waals surface area contributed by atoms with Crippen molar-refractivity contribution >= 4 is 12.0 Å². The summed E-state index contributed by atoms with van der Waals surface area (Å²) < 4.78 is 0. The van der Waals surface area contributed by atoms with Gasteiger partial charge in [-0.25, -0.2) is 4.79 Å². The Balaban J connectivity index is 4.12. The van der Waals surface area contributed by atoms with Crippen molar-refractivity contribution < 1.29 is 14.7 Å². The van der Waals surface area contributed by atoms with Gasteiger partial charge in [0.2, 0.25) is 0 Å². The fraction of sp³-hybridized carbons (Fsp3) is 0.833. The lowest BCUT2D eigenvalue weighted by atomic mass is 10.2. The van der Waals surface area contributed by atoms with Gasteiger partial charge in [-0.2, -0.15) is 0 Å². The highest BCUT2D eigenvalue weighted by atomic mass is 16.4. The number of hydrogen-bond donors (Lipinski definition) is 1. The largest absolute Gasteiger partial charge is 0.481 e. The van der Waals surface area contributed by atoms with Gasteiger partial charge < -0.3 is 14.9 Å². The Morgan fingerprint density at radius 3 is 2.29 bits per heavy atom. The molecule has 0 aliphatic heterocycles. The van der Waals surface area contributed by atoms with Crippen LogP contribution in [-0.4, -0.2) is 53.6 Å². The molecule has 0 aromatic carbocycles. The van der Waals surface area contributed by atoms with Crippen molar-refractivity contribution in [2.24, 2.45) is 5.92 Å². The Morgan fingerprint density at radius 1 is 1.29 bits per heavy atom. The Labute approximate surface area is 103 Å². The number of urea groups is 1. The van der Waals surface area contributed by atoms with Gasteiger partial charge in [0.05, 0.1) is 0 Å². The second-order valence-electron chi connectivity index (χ2n) is 4.63. The van der Waals surface area contributed by atoms with Crippen LogP contribution < -0.4 is 0 Å². The first kappa shape index (κ1) is 15.7. The third-order valence-electron chi connectivity index (χ3n) is 2.45. The third-order valence-corrected chi connectivity index (χ3v) is 2.45. The maximum absolute atomic E-state index is 12.0. The van der Waals surface area contributed by atoms with Crippen LogP contribution in [0.5, 0.6) is 0 Å². The molecule has 0 saturated heterocycles. The van der Waals surface area contributed by atoms with E-state index in [9.17, 15) is 9.59 Å². The van der Waals surface area contributed by atoms with Crippen LogP contribution in [0, 0.1) is 5.92 Å². The fourth-order valence-corrected chi connectivity index (χ4v) is 1.59. The summed E-state index contributed by atoms with van der Waals surface area (Å²) in [5, 5.41) is 8.53. The predicted octanol–water partition coefficient (Wildman–Crippen LogP) is 1.88. The zero-order valence-electron chi connectivity index (χ0n) is 11.3. The number of nitrogens with zero attached hydrogens (tertiary/aromatic N) is 2. The van der Waals surface area contributed by atoms with Gasteiger partial charge in [0.25, 0.3) is 0 Å². The van der Waals surface area contributed by atoms with Crippen molar-refractivity contribution in [3.8, 4) is 0 Å². The Morgan fingerprint density at radius 2 is 1.88 bits per heavy atom. The standard InChI is InChI=1S/C12H24N2O3/c1-5-14(9-10(2)3)12(17)13(4)8-6-7-11(15)16/h10H,5-9H2,1-4H3,(H,15,16). The van der Waals surface area contributed by atoms with Crippen LogP contribution in [-0.2, 0) is 4.79 Å². The van der Waals surface area contributed by atoms with Crippen molar-refractivity contribution in [1.82, 2.24) is 9.80 Å². The summed E-state index contributed by atoms with van der Waals surface area (Å²) in [6, 6.07) is -0.0217. The molecule has 1 N–H and O–H groups in total. The van der Waals surface area contributed by atoms with E-state index in [0.717, 1.165) is 6.54 Å². The van der Waals surface area contributed by atoms with E-state index in [-0.39, 0.29) is 12.5 Å². The molecule has 0 aromatic heterocycles. The van der Waals surface area contributed by atoms with Crippen molar-refractivity contribution in [2.75, 3.05) is 26.7 Å². The molecule has 0 aliphatic carbocycles. The Bertz CT molecular complexity index is 254. The lowest BCUT2D eigenvalue weighted by Crippen LogP contribution is -2.43. The number of hydrogen-bond acceptors (Lipinski definition) is 2. The van der Waals surface area contributed by atoms with Crippen LogP contribution in [0.1, 0.15) is 33.6 Å². The quantitative estimate of drug-likeness (QED) is 0.744. The van der Waals surface area contributed by atoms with Gasteiger partial charge in [-0.3, -0.25) is 4.79 Å². The summed E-state index contributed by atoms with van der Waals surface area (Å²) >= 11 is 0. The molecule has 5 heteroatoms. The van der Waals surface area contributed by atoms with E-state index in [4.69, 9.17) is 5.11 Å². The predicted molar refractivity (Wildman–Crippen MR) is 67.0 cm³/mol. The number of amides is 2. The monoisotopic (exact) mass is 244 g/mol. The average molecular weight is 244 g/mol. The molecule has 0 heterocycles. The van der Waals surface area contributed by atoms with Gasteiger partial charge in [-0.05, 0) is 19.3 Å². The molecule has 100 valence electrons. The lowest BCUT2D eigenvalue weighted by molar-refractivity contribution is -0.137. The summed E-state index contributed by atoms with van der Waals surface area (Å²) in [6.07, 6.45) is 0.602. The van der Waals surface area contributed by atoms with Gasteiger partial charge in [-0.15, -0.1) is 0 Å². The highest BCUT2D eigenvalue weighted by Gasteiger charge is 2.17. The SMILES string of the molecule is CCN(CC(C)C)C(=O)N(C)CCCC(=O)O. The molecule has 17 heavy (non-hydrogen) atoms. The van der Waals surface area contributed by atoms with Crippen LogP contribution in [0.15, 0.2) is 0 Å². The van der Waals surface area contributed by atoms with Crippen molar-refractivity contribution in [2.45, 2.75) is 33.6 Å². The van der Waals surface area contributed by atoms with Gasteiger partial charge in [0, 0.05) is 33.1 Å². The summed E-state index contributed by atoms with van der Waals surface area (Å²) in [7, 11) is 1.72. The first-order valence-electron chi connectivity index (χ1n) is 6.10. The zero-order chi connectivity index (χ0) is 13.4. The minimum Gasteiger partial charge on any atom is -0.481 e. The van der Waals surface area contributed by atoms with Crippen molar-refractivity contribution in [3.05, 3.63) is 0 Å². The van der Waals surface area contributed by atoms with E-state index < -0.39 is 5.97 Å². The molecule has 5 nitrogen and oxygen atoms in total. The number of carboxylic acids is 1. The van der Waals surface area contributed by atoms with Crippen molar-refractivity contribution in [1.29, 1.82) is 0 Å². The number of carboxylic acid groups (broad SMARTS) is 1. The molecule has 0 saturated carbocycles. The number of aliphatic carboxylic acids is 1. The van der Waals surface area contributed by atoms with E-state index in [1.165, 1.54) is 0 Å². The molecular weight excluding hydrogens is 220 g/mol. The summed E-state index contributed by atoms with van der Waals surface area (Å²) in [6.45, 7) is 7.99. The van der Waals surface area contributed by atoms with E-state index in [1.807, 2.05) is 6.92 Å². The van der Waals surface area contributed by atoms with E-state index in [0.29, 0.717) is 25.4 Å². The molecule has 2 amide bonds. The summed E-state index contributed by atoms with van der Waals surface area (Å²) in [5.74, 6) is -0.383. The second-order valence-corrected chi connectivity index (χ2v) is 4.63. The molecule has 0 aliphatic rings. The van der Waals surface area contributed by atoms with Gasteiger partial charge in [0.1, 0.15) is 0 Å². The van der Waals surface area contributed by atoms with Crippen LogP contribution in [0.4, 0.5) is 4.79 Å². The molecule has 0 radical (unpaired) electrons. The first-order valence-corrected chi connectivity index (χ1v) is 6.10. The maximum atomic E-state index is 12.0. The highest BCUT2D eigenvalue weighted by Crippen LogP contribution is 2.04. The van der Waals surface area contributed by atoms with Crippen LogP contribution >= 0.6 is 0 Å². The van der Waals surface area contributed by atoms with Gasteiger partial charge >= 0.3 is 12.0 Å². The smallest absolute Gasteiger partial charge is 0.319 e. The van der Waals surface area contributed by atoms with E-state index in [2.05, 4.69) is 13.8 Å². The van der Waals surface area contributed by atoms with Gasteiger partial charge in [0.15, 0.2) is 0 Å². The molecule has 0 rings (SSSR count). The molecule has 0 unspecified atom stereocenters. The van der Waals surface area contributed by atoms with Crippen LogP contribution in [0.3, 0.4) is 0 Å². The molecular formula is C12H24N2O3. The highest BCUT2D eigenvalue weighted by molar-refractivity contribution is 5.74. The second kappa shape index (κ2) is 7.92. The topological polar surface area (TPSA) is 60.9 Å². The minimum atomic E-state index is -0.819. The fourth-order valence-electron chi connectivity index (χ4n) is 1.59. The third kappa shape index (κ3) is 6.81. The van der Waals surface area contributed by atoms with Crippen LogP contribution in [0.2, 0.25) is 0 Å². The van der Waals surface area contributed by atoms with Crippen molar-refractivity contribution in [3.63, 3.8) is 0 Å². The normalized spacial score (nSPS) is 10.4. The molecule has 0 bridgehead atoms. The van der Waals surface area contributed by atoms with Gasteiger partial charge in [-0.1, -0.05) is 13.8 Å². The summed E-state index contributed by atoms with van der Waals surface area (Å²) in [5.41, 5.74) is 0. The average Bonchev–Trinajstić information content (AvgIpc) is 2.23. The summed E-state index contributed by atoms with van der Waals surface area (Å²) in [4.78, 5) is 25.7. The first-order chi connectivity index (χ1) is 7.88. The van der Waals surface area contributed by atoms with E-state index >= 15 is 0 Å². The Hall–Kier alpha value is -1.26. The Kier molecular flexibility index (Phi) is 7.34. The number of carbonyl (C=O) groups excluding carboxylic acids is 1.